The minimum atomic E-state index is -4.87. The van der Waals surface area contributed by atoms with E-state index in [9.17, 15) is 18.0 Å². The van der Waals surface area contributed by atoms with Gasteiger partial charge in [0.25, 0.3) is 5.78 Å². The minimum absolute atomic E-state index is 0.236. The SMILES string of the molecule is CN(/C=C(/C(=O)C(F)(F)F)C(C)(C)C)C1=CC=C(N(C)CCC(C)(C)C)CC1. The molecule has 0 aromatic carbocycles. The molecule has 28 heavy (non-hydrogen) atoms. The zero-order valence-corrected chi connectivity index (χ0v) is 18.5. The lowest BCUT2D eigenvalue weighted by molar-refractivity contribution is -0.167. The summed E-state index contributed by atoms with van der Waals surface area (Å²) >= 11 is 0. The van der Waals surface area contributed by atoms with E-state index < -0.39 is 17.4 Å². The Bertz CT molecular complexity index is 659. The van der Waals surface area contributed by atoms with Crippen molar-refractivity contribution in [1.29, 1.82) is 0 Å². The Hall–Kier alpha value is -1.72. The molecule has 160 valence electrons. The van der Waals surface area contributed by atoms with Crippen LogP contribution in [-0.4, -0.2) is 42.4 Å². The van der Waals surface area contributed by atoms with Crippen molar-refractivity contribution in [1.82, 2.24) is 9.80 Å². The summed E-state index contributed by atoms with van der Waals surface area (Å²) in [5, 5.41) is 0. The van der Waals surface area contributed by atoms with Gasteiger partial charge in [-0.05, 0) is 42.2 Å². The molecule has 6 heteroatoms. The number of allylic oxidation sites excluding steroid dienone is 5. The molecule has 0 heterocycles. The van der Waals surface area contributed by atoms with Crippen LogP contribution >= 0.6 is 0 Å². The Balaban J connectivity index is 2.98. The Kier molecular flexibility index (Phi) is 7.60. The van der Waals surface area contributed by atoms with Gasteiger partial charge in [-0.15, -0.1) is 0 Å². The summed E-state index contributed by atoms with van der Waals surface area (Å²) in [4.78, 5) is 15.7. The fraction of sp³-hybridized carbons (Fsp3) is 0.682. The van der Waals surface area contributed by atoms with Gasteiger partial charge in [-0.25, -0.2) is 0 Å². The summed E-state index contributed by atoms with van der Waals surface area (Å²) in [6.07, 6.45) is 3.04. The highest BCUT2D eigenvalue weighted by atomic mass is 19.4. The molecular formula is C22H35F3N2O. The van der Waals surface area contributed by atoms with Gasteiger partial charge >= 0.3 is 6.18 Å². The van der Waals surface area contributed by atoms with E-state index >= 15 is 0 Å². The van der Waals surface area contributed by atoms with Crippen LogP contribution in [0, 0.1) is 10.8 Å². The summed E-state index contributed by atoms with van der Waals surface area (Å²) < 4.78 is 38.9. The molecule has 1 rings (SSSR count). The van der Waals surface area contributed by atoms with Gasteiger partial charge in [-0.1, -0.05) is 41.5 Å². The molecule has 0 saturated heterocycles. The summed E-state index contributed by atoms with van der Waals surface area (Å²) in [5.74, 6) is -1.78. The molecule has 1 aliphatic carbocycles. The maximum Gasteiger partial charge on any atom is 0.454 e. The fourth-order valence-corrected chi connectivity index (χ4v) is 2.90. The molecule has 0 radical (unpaired) electrons. The third-order valence-electron chi connectivity index (χ3n) is 4.88. The van der Waals surface area contributed by atoms with Crippen LogP contribution in [-0.2, 0) is 4.79 Å². The maximum absolute atomic E-state index is 13.0. The van der Waals surface area contributed by atoms with Crippen molar-refractivity contribution < 1.29 is 18.0 Å². The van der Waals surface area contributed by atoms with Crippen LogP contribution in [0.1, 0.15) is 60.8 Å². The molecule has 0 amide bonds. The van der Waals surface area contributed by atoms with Gasteiger partial charge in [-0.2, -0.15) is 13.2 Å². The highest BCUT2D eigenvalue weighted by Crippen LogP contribution is 2.34. The highest BCUT2D eigenvalue weighted by molar-refractivity contribution is 6.00. The number of alkyl halides is 3. The van der Waals surface area contributed by atoms with Crippen molar-refractivity contribution in [3.63, 3.8) is 0 Å². The Morgan fingerprint density at radius 3 is 1.89 bits per heavy atom. The molecule has 0 N–H and O–H groups in total. The number of hydrogen-bond acceptors (Lipinski definition) is 3. The summed E-state index contributed by atoms with van der Waals surface area (Å²) in [6.45, 7) is 12.5. The van der Waals surface area contributed by atoms with Gasteiger partial charge in [0.15, 0.2) is 0 Å². The number of carbonyl (C=O) groups is 1. The molecule has 0 aliphatic heterocycles. The number of Topliss-reactive ketones (excluding diaryl/α,β-unsaturated/α-hetero) is 1. The van der Waals surface area contributed by atoms with E-state index in [1.165, 1.54) is 11.9 Å². The maximum atomic E-state index is 13.0. The molecular weight excluding hydrogens is 365 g/mol. The molecule has 0 bridgehead atoms. The molecule has 0 aromatic heterocycles. The third-order valence-corrected chi connectivity index (χ3v) is 4.88. The number of carbonyl (C=O) groups excluding carboxylic acids is 1. The normalized spacial score (nSPS) is 16.5. The van der Waals surface area contributed by atoms with Gasteiger partial charge in [0.1, 0.15) is 0 Å². The first kappa shape index (κ1) is 24.3. The average Bonchev–Trinajstić information content (AvgIpc) is 2.54. The van der Waals surface area contributed by atoms with Crippen molar-refractivity contribution in [2.45, 2.75) is 67.0 Å². The average molecular weight is 401 g/mol. The standard InChI is InChI=1S/C22H35F3N2O/c1-20(2,3)13-14-26(7)16-9-11-17(12-10-16)27(8)15-18(21(4,5)6)19(28)22(23,24)25/h9,11,15H,10,12-14H2,1-8H3/b18-15-. The van der Waals surface area contributed by atoms with Crippen LogP contribution in [0.25, 0.3) is 0 Å². The van der Waals surface area contributed by atoms with Gasteiger partial charge in [0, 0.05) is 43.8 Å². The van der Waals surface area contributed by atoms with Crippen LogP contribution in [0.2, 0.25) is 0 Å². The first-order valence-electron chi connectivity index (χ1n) is 9.70. The van der Waals surface area contributed by atoms with Crippen molar-refractivity contribution in [3.05, 3.63) is 35.3 Å². The predicted octanol–water partition coefficient (Wildman–Crippen LogP) is 5.91. The minimum Gasteiger partial charge on any atom is -0.378 e. The second-order valence-electron chi connectivity index (χ2n) is 9.78. The van der Waals surface area contributed by atoms with Crippen molar-refractivity contribution in [3.8, 4) is 0 Å². The number of rotatable bonds is 6. The first-order chi connectivity index (χ1) is 12.5. The van der Waals surface area contributed by atoms with Gasteiger partial charge < -0.3 is 9.80 Å². The summed E-state index contributed by atoms with van der Waals surface area (Å²) in [5.41, 5.74) is 1.24. The largest absolute Gasteiger partial charge is 0.454 e. The van der Waals surface area contributed by atoms with Crippen molar-refractivity contribution >= 4 is 5.78 Å². The van der Waals surface area contributed by atoms with Gasteiger partial charge in [-0.3, -0.25) is 4.79 Å². The second kappa shape index (κ2) is 8.75. The van der Waals surface area contributed by atoms with Crippen molar-refractivity contribution in [2.75, 3.05) is 20.6 Å². The monoisotopic (exact) mass is 400 g/mol. The molecule has 0 atom stereocenters. The van der Waals surface area contributed by atoms with Gasteiger partial charge in [0.05, 0.1) is 0 Å². The quantitative estimate of drug-likeness (QED) is 0.518. The molecule has 0 spiro atoms. The van der Waals surface area contributed by atoms with Crippen molar-refractivity contribution in [2.24, 2.45) is 10.8 Å². The predicted molar refractivity (Wildman–Crippen MR) is 108 cm³/mol. The van der Waals surface area contributed by atoms with Crippen LogP contribution in [0.15, 0.2) is 35.3 Å². The fourth-order valence-electron chi connectivity index (χ4n) is 2.90. The summed E-state index contributed by atoms with van der Waals surface area (Å²) in [7, 11) is 3.77. The van der Waals surface area contributed by atoms with E-state index in [1.54, 1.807) is 32.7 Å². The number of hydrogen-bond donors (Lipinski definition) is 0. The van der Waals surface area contributed by atoms with Crippen LogP contribution < -0.4 is 0 Å². The third kappa shape index (κ3) is 7.36. The van der Waals surface area contributed by atoms with Gasteiger partial charge in [0.2, 0.25) is 0 Å². The molecule has 0 saturated carbocycles. The lowest BCUT2D eigenvalue weighted by atomic mass is 9.84. The molecule has 0 aromatic rings. The van der Waals surface area contributed by atoms with Crippen LogP contribution in [0.3, 0.4) is 0 Å². The topological polar surface area (TPSA) is 23.6 Å². The molecule has 0 fully saturated rings. The van der Waals surface area contributed by atoms with E-state index in [0.29, 0.717) is 0 Å². The van der Waals surface area contributed by atoms with E-state index in [0.717, 1.165) is 31.5 Å². The second-order valence-corrected chi connectivity index (χ2v) is 9.78. The molecule has 0 unspecified atom stereocenters. The lowest BCUT2D eigenvalue weighted by Crippen LogP contribution is -2.32. The molecule has 1 aliphatic rings. The summed E-state index contributed by atoms with van der Waals surface area (Å²) in [6, 6.07) is 0. The first-order valence-corrected chi connectivity index (χ1v) is 9.70. The zero-order valence-electron chi connectivity index (χ0n) is 18.5. The highest BCUT2D eigenvalue weighted by Gasteiger charge is 2.44. The van der Waals surface area contributed by atoms with E-state index in [2.05, 4.69) is 32.7 Å². The van der Waals surface area contributed by atoms with Crippen LogP contribution in [0.4, 0.5) is 13.2 Å². The van der Waals surface area contributed by atoms with E-state index in [-0.39, 0.29) is 11.0 Å². The Morgan fingerprint density at radius 1 is 1.00 bits per heavy atom. The number of halogens is 3. The Morgan fingerprint density at radius 2 is 1.50 bits per heavy atom. The number of ketones is 1. The Labute approximate surface area is 168 Å². The number of nitrogens with zero attached hydrogens (tertiary/aromatic N) is 2. The van der Waals surface area contributed by atoms with Crippen LogP contribution in [0.5, 0.6) is 0 Å². The van der Waals surface area contributed by atoms with E-state index in [4.69, 9.17) is 0 Å². The van der Waals surface area contributed by atoms with E-state index in [1.807, 2.05) is 12.2 Å². The zero-order chi connectivity index (χ0) is 21.9. The lowest BCUT2D eigenvalue weighted by Gasteiger charge is -2.31. The smallest absolute Gasteiger partial charge is 0.378 e. The molecule has 3 nitrogen and oxygen atoms in total.